The standard InChI is InChI=1S/C16H16BrN5O3S/c1-10-4-7-15(19-18-10)22-16(8-11(2)20-22)21-26(23,24)12-5-6-14(25-3)13(17)9-12/h4-9,21H,1-3H3. The molecule has 3 rings (SSSR count). The van der Waals surface area contributed by atoms with Gasteiger partial charge in [-0.15, -0.1) is 5.10 Å². The Morgan fingerprint density at radius 1 is 1.08 bits per heavy atom. The SMILES string of the molecule is COc1ccc(S(=O)(=O)Nc2cc(C)nn2-c2ccc(C)nn2)cc1Br. The van der Waals surface area contributed by atoms with Gasteiger partial charge in [0.2, 0.25) is 0 Å². The van der Waals surface area contributed by atoms with Crippen LogP contribution < -0.4 is 9.46 Å². The van der Waals surface area contributed by atoms with Crippen LogP contribution in [0.15, 0.2) is 45.8 Å². The van der Waals surface area contributed by atoms with E-state index < -0.39 is 10.0 Å². The molecule has 0 bridgehead atoms. The van der Waals surface area contributed by atoms with E-state index in [0.29, 0.717) is 21.7 Å². The third kappa shape index (κ3) is 3.70. The first-order chi connectivity index (χ1) is 12.3. The van der Waals surface area contributed by atoms with E-state index in [2.05, 4.69) is 35.9 Å². The van der Waals surface area contributed by atoms with E-state index in [0.717, 1.165) is 5.69 Å². The maximum Gasteiger partial charge on any atom is 0.263 e. The third-order valence-corrected chi connectivity index (χ3v) is 5.48. The summed E-state index contributed by atoms with van der Waals surface area (Å²) in [5.74, 6) is 1.23. The molecule has 0 amide bonds. The number of anilines is 1. The molecule has 136 valence electrons. The van der Waals surface area contributed by atoms with Crippen molar-refractivity contribution in [2.75, 3.05) is 11.8 Å². The molecule has 0 atom stereocenters. The second-order valence-electron chi connectivity index (χ2n) is 5.52. The van der Waals surface area contributed by atoms with Gasteiger partial charge in [-0.2, -0.15) is 14.9 Å². The number of methoxy groups -OCH3 is 1. The highest BCUT2D eigenvalue weighted by Gasteiger charge is 2.20. The molecule has 3 aromatic rings. The maximum atomic E-state index is 12.8. The molecular formula is C16H16BrN5O3S. The van der Waals surface area contributed by atoms with Crippen molar-refractivity contribution >= 4 is 31.8 Å². The zero-order chi connectivity index (χ0) is 18.9. The number of halogens is 1. The molecule has 2 heterocycles. The van der Waals surface area contributed by atoms with E-state index in [-0.39, 0.29) is 10.7 Å². The summed E-state index contributed by atoms with van der Waals surface area (Å²) in [5, 5.41) is 12.3. The van der Waals surface area contributed by atoms with E-state index >= 15 is 0 Å². The number of rotatable bonds is 5. The van der Waals surface area contributed by atoms with E-state index in [4.69, 9.17) is 4.74 Å². The monoisotopic (exact) mass is 437 g/mol. The molecule has 2 aromatic heterocycles. The van der Waals surface area contributed by atoms with Crippen LogP contribution in [0.5, 0.6) is 5.75 Å². The second kappa shape index (κ2) is 7.04. The van der Waals surface area contributed by atoms with Gasteiger partial charge in [0.15, 0.2) is 5.82 Å². The van der Waals surface area contributed by atoms with Crippen LogP contribution in [0, 0.1) is 13.8 Å². The summed E-state index contributed by atoms with van der Waals surface area (Å²) in [7, 11) is -2.32. The van der Waals surface area contributed by atoms with Crippen LogP contribution in [0.25, 0.3) is 5.82 Å². The fourth-order valence-electron chi connectivity index (χ4n) is 2.26. The van der Waals surface area contributed by atoms with Crippen LogP contribution in [0.4, 0.5) is 5.82 Å². The number of benzene rings is 1. The lowest BCUT2D eigenvalue weighted by Crippen LogP contribution is -2.16. The molecule has 1 aromatic carbocycles. The number of hydrogen-bond acceptors (Lipinski definition) is 6. The molecule has 8 nitrogen and oxygen atoms in total. The van der Waals surface area contributed by atoms with Crippen LogP contribution in [0.3, 0.4) is 0 Å². The van der Waals surface area contributed by atoms with Gasteiger partial charge in [0, 0.05) is 6.07 Å². The Labute approximate surface area is 159 Å². The minimum Gasteiger partial charge on any atom is -0.496 e. The molecule has 0 aliphatic rings. The van der Waals surface area contributed by atoms with Crippen molar-refractivity contribution in [3.05, 3.63) is 52.3 Å². The quantitative estimate of drug-likeness (QED) is 0.658. The predicted octanol–water partition coefficient (Wildman–Crippen LogP) is 2.85. The molecule has 0 radical (unpaired) electrons. The normalized spacial score (nSPS) is 11.4. The van der Waals surface area contributed by atoms with Gasteiger partial charge in [0.05, 0.1) is 27.9 Å². The predicted molar refractivity (Wildman–Crippen MR) is 100 cm³/mol. The molecule has 0 aliphatic heterocycles. The minimum absolute atomic E-state index is 0.0885. The Morgan fingerprint density at radius 2 is 1.85 bits per heavy atom. The van der Waals surface area contributed by atoms with E-state index in [1.54, 1.807) is 31.2 Å². The third-order valence-electron chi connectivity index (χ3n) is 3.50. The molecule has 0 unspecified atom stereocenters. The number of nitrogens with zero attached hydrogens (tertiary/aromatic N) is 4. The van der Waals surface area contributed by atoms with Gasteiger partial charge in [0.25, 0.3) is 10.0 Å². The van der Waals surface area contributed by atoms with E-state index in [9.17, 15) is 8.42 Å². The number of aromatic nitrogens is 4. The number of sulfonamides is 1. The molecule has 26 heavy (non-hydrogen) atoms. The van der Waals surface area contributed by atoms with Gasteiger partial charge in [-0.3, -0.25) is 4.72 Å². The Balaban J connectivity index is 1.98. The number of aryl methyl sites for hydroxylation is 2. The van der Waals surface area contributed by atoms with Crippen LogP contribution in [-0.2, 0) is 10.0 Å². The highest BCUT2D eigenvalue weighted by Crippen LogP contribution is 2.28. The molecule has 0 saturated carbocycles. The van der Waals surface area contributed by atoms with Crippen LogP contribution in [-0.4, -0.2) is 35.5 Å². The Morgan fingerprint density at radius 3 is 2.46 bits per heavy atom. The summed E-state index contributed by atoms with van der Waals surface area (Å²) >= 11 is 3.29. The fraction of sp³-hybridized carbons (Fsp3) is 0.188. The van der Waals surface area contributed by atoms with E-state index in [1.807, 2.05) is 6.92 Å². The Kier molecular flexibility index (Phi) is 4.97. The van der Waals surface area contributed by atoms with Crippen molar-refractivity contribution < 1.29 is 13.2 Å². The van der Waals surface area contributed by atoms with Crippen molar-refractivity contribution in [1.29, 1.82) is 0 Å². The summed E-state index contributed by atoms with van der Waals surface area (Å²) in [6, 6.07) is 9.63. The summed E-state index contributed by atoms with van der Waals surface area (Å²) in [6.45, 7) is 3.58. The van der Waals surface area contributed by atoms with Crippen LogP contribution in [0.2, 0.25) is 0 Å². The molecule has 0 saturated heterocycles. The molecule has 0 fully saturated rings. The lowest BCUT2D eigenvalue weighted by Gasteiger charge is -2.11. The molecule has 10 heteroatoms. The Bertz CT molecular complexity index is 1050. The lowest BCUT2D eigenvalue weighted by atomic mass is 10.3. The fourth-order valence-corrected chi connectivity index (χ4v) is 4.01. The van der Waals surface area contributed by atoms with Crippen LogP contribution >= 0.6 is 15.9 Å². The van der Waals surface area contributed by atoms with Crippen molar-refractivity contribution in [1.82, 2.24) is 20.0 Å². The second-order valence-corrected chi connectivity index (χ2v) is 8.05. The summed E-state index contributed by atoms with van der Waals surface area (Å²) in [5.41, 5.74) is 1.39. The topological polar surface area (TPSA) is 99.0 Å². The summed E-state index contributed by atoms with van der Waals surface area (Å²) in [4.78, 5) is 0.0885. The van der Waals surface area contributed by atoms with Gasteiger partial charge >= 0.3 is 0 Å². The average Bonchev–Trinajstić information content (AvgIpc) is 2.95. The van der Waals surface area contributed by atoms with E-state index in [1.165, 1.54) is 23.9 Å². The van der Waals surface area contributed by atoms with Crippen molar-refractivity contribution in [2.24, 2.45) is 0 Å². The van der Waals surface area contributed by atoms with Crippen LogP contribution in [0.1, 0.15) is 11.4 Å². The highest BCUT2D eigenvalue weighted by atomic mass is 79.9. The minimum atomic E-state index is -3.83. The average molecular weight is 438 g/mol. The maximum absolute atomic E-state index is 12.8. The van der Waals surface area contributed by atoms with Gasteiger partial charge in [-0.1, -0.05) is 0 Å². The first-order valence-corrected chi connectivity index (χ1v) is 9.81. The zero-order valence-electron chi connectivity index (χ0n) is 14.3. The lowest BCUT2D eigenvalue weighted by molar-refractivity contribution is 0.411. The highest BCUT2D eigenvalue weighted by molar-refractivity contribution is 9.10. The largest absolute Gasteiger partial charge is 0.496 e. The molecule has 0 aliphatic carbocycles. The van der Waals surface area contributed by atoms with Gasteiger partial charge in [0.1, 0.15) is 11.6 Å². The number of hydrogen-bond donors (Lipinski definition) is 1. The summed E-state index contributed by atoms with van der Waals surface area (Å²) in [6.07, 6.45) is 0. The van der Waals surface area contributed by atoms with Gasteiger partial charge in [-0.25, -0.2) is 8.42 Å². The van der Waals surface area contributed by atoms with Gasteiger partial charge in [-0.05, 0) is 60.1 Å². The molecule has 0 spiro atoms. The first kappa shape index (κ1) is 18.3. The first-order valence-electron chi connectivity index (χ1n) is 7.54. The van der Waals surface area contributed by atoms with Gasteiger partial charge < -0.3 is 4.74 Å². The number of nitrogens with one attached hydrogen (secondary N) is 1. The smallest absolute Gasteiger partial charge is 0.263 e. The number of ether oxygens (including phenoxy) is 1. The molecule has 1 N–H and O–H groups in total. The van der Waals surface area contributed by atoms with Crippen molar-refractivity contribution in [3.63, 3.8) is 0 Å². The zero-order valence-corrected chi connectivity index (χ0v) is 16.7. The molecular weight excluding hydrogens is 422 g/mol. The van der Waals surface area contributed by atoms with Crippen molar-refractivity contribution in [2.45, 2.75) is 18.7 Å². The van der Waals surface area contributed by atoms with Crippen molar-refractivity contribution in [3.8, 4) is 11.6 Å². The summed E-state index contributed by atoms with van der Waals surface area (Å²) < 4.78 is 35.1. The Hall–Kier alpha value is -2.46.